The number of rotatable bonds is 4. The third-order valence-corrected chi connectivity index (χ3v) is 3.18. The molecule has 1 aromatic rings. The molecule has 2 atom stereocenters. The first-order chi connectivity index (χ1) is 7.85. The van der Waals surface area contributed by atoms with Gasteiger partial charge in [-0.2, -0.15) is 0 Å². The molecule has 0 bridgehead atoms. The number of hydrogen-bond donors (Lipinski definition) is 1. The van der Waals surface area contributed by atoms with E-state index in [4.69, 9.17) is 4.74 Å². The normalized spacial score (nSPS) is 23.6. The quantitative estimate of drug-likeness (QED) is 0.839. The molecular formula is C14H21NO. The van der Waals surface area contributed by atoms with Crippen LogP contribution in [-0.2, 0) is 0 Å². The summed E-state index contributed by atoms with van der Waals surface area (Å²) in [4.78, 5) is 0. The molecular weight excluding hydrogens is 198 g/mol. The van der Waals surface area contributed by atoms with Crippen molar-refractivity contribution < 1.29 is 4.74 Å². The largest absolute Gasteiger partial charge is 0.490 e. The molecule has 0 fully saturated rings. The van der Waals surface area contributed by atoms with Gasteiger partial charge < -0.3 is 10.1 Å². The van der Waals surface area contributed by atoms with Crippen LogP contribution in [0.5, 0.6) is 5.75 Å². The van der Waals surface area contributed by atoms with E-state index in [1.807, 2.05) is 6.07 Å². The summed E-state index contributed by atoms with van der Waals surface area (Å²) in [6.07, 6.45) is 3.71. The zero-order valence-corrected chi connectivity index (χ0v) is 10.2. The molecule has 2 heteroatoms. The fourth-order valence-corrected chi connectivity index (χ4v) is 2.26. The van der Waals surface area contributed by atoms with Gasteiger partial charge in [-0.25, -0.2) is 0 Å². The highest BCUT2D eigenvalue weighted by Crippen LogP contribution is 2.35. The summed E-state index contributed by atoms with van der Waals surface area (Å²) in [6.45, 7) is 5.47. The standard InChI is InChI=1S/C14H21NO/c1-3-9-15-13-10-11(4-2)16-14-8-6-5-7-12(13)14/h5-8,11,13,15H,3-4,9-10H2,1-2H3. The molecule has 1 aromatic carbocycles. The van der Waals surface area contributed by atoms with Gasteiger partial charge in [0.05, 0.1) is 0 Å². The van der Waals surface area contributed by atoms with Crippen molar-refractivity contribution in [1.29, 1.82) is 0 Å². The summed E-state index contributed by atoms with van der Waals surface area (Å²) in [5.74, 6) is 1.06. The number of hydrogen-bond acceptors (Lipinski definition) is 2. The Balaban J connectivity index is 2.17. The Bertz CT molecular complexity index is 337. The number of para-hydroxylation sites is 1. The fraction of sp³-hybridized carbons (Fsp3) is 0.571. The van der Waals surface area contributed by atoms with Crippen LogP contribution in [0.25, 0.3) is 0 Å². The Labute approximate surface area is 98.0 Å². The molecule has 2 unspecified atom stereocenters. The predicted molar refractivity (Wildman–Crippen MR) is 66.8 cm³/mol. The third kappa shape index (κ3) is 2.38. The highest BCUT2D eigenvalue weighted by Gasteiger charge is 2.26. The van der Waals surface area contributed by atoms with Crippen molar-refractivity contribution in [2.75, 3.05) is 6.54 Å². The van der Waals surface area contributed by atoms with Crippen LogP contribution in [0.4, 0.5) is 0 Å². The Morgan fingerprint density at radius 3 is 2.88 bits per heavy atom. The molecule has 0 aliphatic carbocycles. The summed E-state index contributed by atoms with van der Waals surface area (Å²) in [7, 11) is 0. The van der Waals surface area contributed by atoms with Crippen molar-refractivity contribution in [1.82, 2.24) is 5.32 Å². The number of nitrogens with one attached hydrogen (secondary N) is 1. The third-order valence-electron chi connectivity index (χ3n) is 3.18. The van der Waals surface area contributed by atoms with E-state index in [0.717, 1.165) is 25.1 Å². The van der Waals surface area contributed by atoms with Gasteiger partial charge in [0.25, 0.3) is 0 Å². The van der Waals surface area contributed by atoms with Crippen LogP contribution >= 0.6 is 0 Å². The molecule has 0 saturated carbocycles. The second kappa shape index (κ2) is 5.35. The zero-order valence-electron chi connectivity index (χ0n) is 10.2. The van der Waals surface area contributed by atoms with Crippen LogP contribution in [-0.4, -0.2) is 12.6 Å². The van der Waals surface area contributed by atoms with E-state index in [9.17, 15) is 0 Å². The summed E-state index contributed by atoms with van der Waals surface area (Å²) in [5, 5.41) is 3.61. The summed E-state index contributed by atoms with van der Waals surface area (Å²) < 4.78 is 5.95. The molecule has 0 aromatic heterocycles. The Morgan fingerprint density at radius 2 is 2.12 bits per heavy atom. The van der Waals surface area contributed by atoms with Crippen molar-refractivity contribution in [2.24, 2.45) is 0 Å². The molecule has 0 radical (unpaired) electrons. The first kappa shape index (κ1) is 11.5. The van der Waals surface area contributed by atoms with Gasteiger partial charge in [0, 0.05) is 18.0 Å². The molecule has 0 amide bonds. The van der Waals surface area contributed by atoms with Gasteiger partial charge in [0.1, 0.15) is 11.9 Å². The average Bonchev–Trinajstić information content (AvgIpc) is 2.35. The van der Waals surface area contributed by atoms with Gasteiger partial charge >= 0.3 is 0 Å². The van der Waals surface area contributed by atoms with Crippen molar-refractivity contribution in [3.63, 3.8) is 0 Å². The minimum absolute atomic E-state index is 0.365. The van der Waals surface area contributed by atoms with E-state index in [0.29, 0.717) is 12.1 Å². The predicted octanol–water partition coefficient (Wildman–Crippen LogP) is 3.29. The molecule has 2 nitrogen and oxygen atoms in total. The summed E-state index contributed by atoms with van der Waals surface area (Å²) in [5.41, 5.74) is 1.32. The van der Waals surface area contributed by atoms with E-state index in [2.05, 4.69) is 37.4 Å². The molecule has 0 spiro atoms. The number of ether oxygens (including phenoxy) is 1. The van der Waals surface area contributed by atoms with Crippen LogP contribution in [0.3, 0.4) is 0 Å². The van der Waals surface area contributed by atoms with E-state index < -0.39 is 0 Å². The van der Waals surface area contributed by atoms with Crippen molar-refractivity contribution >= 4 is 0 Å². The lowest BCUT2D eigenvalue weighted by Gasteiger charge is -2.32. The average molecular weight is 219 g/mol. The molecule has 1 heterocycles. The topological polar surface area (TPSA) is 21.3 Å². The maximum Gasteiger partial charge on any atom is 0.124 e. The van der Waals surface area contributed by atoms with Crippen LogP contribution in [0, 0.1) is 0 Å². The summed E-state index contributed by atoms with van der Waals surface area (Å²) >= 11 is 0. The fourth-order valence-electron chi connectivity index (χ4n) is 2.26. The van der Waals surface area contributed by atoms with E-state index in [1.165, 1.54) is 12.0 Å². The second-order valence-electron chi connectivity index (χ2n) is 4.43. The first-order valence-electron chi connectivity index (χ1n) is 6.34. The minimum Gasteiger partial charge on any atom is -0.490 e. The van der Waals surface area contributed by atoms with Gasteiger partial charge in [0.15, 0.2) is 0 Å². The molecule has 1 N–H and O–H groups in total. The lowest BCUT2D eigenvalue weighted by atomic mass is 9.95. The monoisotopic (exact) mass is 219 g/mol. The highest BCUT2D eigenvalue weighted by atomic mass is 16.5. The smallest absolute Gasteiger partial charge is 0.124 e. The summed E-state index contributed by atoms with van der Waals surface area (Å²) in [6, 6.07) is 8.87. The SMILES string of the molecule is CCCNC1CC(CC)Oc2ccccc21. The van der Waals surface area contributed by atoms with E-state index in [1.54, 1.807) is 0 Å². The first-order valence-corrected chi connectivity index (χ1v) is 6.34. The second-order valence-corrected chi connectivity index (χ2v) is 4.43. The zero-order chi connectivity index (χ0) is 11.4. The maximum absolute atomic E-state index is 5.95. The Hall–Kier alpha value is -1.02. The molecule has 1 aliphatic rings. The molecule has 16 heavy (non-hydrogen) atoms. The Morgan fingerprint density at radius 1 is 1.31 bits per heavy atom. The maximum atomic E-state index is 5.95. The van der Waals surface area contributed by atoms with E-state index in [-0.39, 0.29) is 0 Å². The molecule has 0 saturated heterocycles. The van der Waals surface area contributed by atoms with Gasteiger partial charge in [0.2, 0.25) is 0 Å². The van der Waals surface area contributed by atoms with Crippen molar-refractivity contribution in [3.8, 4) is 5.75 Å². The number of benzene rings is 1. The van der Waals surface area contributed by atoms with E-state index >= 15 is 0 Å². The van der Waals surface area contributed by atoms with Gasteiger partial charge in [-0.05, 0) is 25.5 Å². The van der Waals surface area contributed by atoms with Gasteiger partial charge in [-0.1, -0.05) is 32.0 Å². The highest BCUT2D eigenvalue weighted by molar-refractivity contribution is 5.37. The van der Waals surface area contributed by atoms with Crippen LogP contribution < -0.4 is 10.1 Å². The Kier molecular flexibility index (Phi) is 3.83. The van der Waals surface area contributed by atoms with Crippen LogP contribution in [0.2, 0.25) is 0 Å². The van der Waals surface area contributed by atoms with Gasteiger partial charge in [-0.3, -0.25) is 0 Å². The molecule has 2 rings (SSSR count). The lowest BCUT2D eigenvalue weighted by molar-refractivity contribution is 0.146. The molecule has 1 aliphatic heterocycles. The lowest BCUT2D eigenvalue weighted by Crippen LogP contribution is -2.33. The minimum atomic E-state index is 0.365. The molecule has 88 valence electrons. The van der Waals surface area contributed by atoms with Crippen molar-refractivity contribution in [3.05, 3.63) is 29.8 Å². The van der Waals surface area contributed by atoms with Crippen LogP contribution in [0.1, 0.15) is 44.7 Å². The van der Waals surface area contributed by atoms with Crippen molar-refractivity contribution in [2.45, 2.75) is 45.3 Å². The van der Waals surface area contributed by atoms with Gasteiger partial charge in [-0.15, -0.1) is 0 Å². The number of fused-ring (bicyclic) bond motifs is 1. The van der Waals surface area contributed by atoms with Crippen LogP contribution in [0.15, 0.2) is 24.3 Å².